The van der Waals surface area contributed by atoms with E-state index in [1.54, 1.807) is 0 Å². The number of allylic oxidation sites excluding steroid dienone is 1. The Morgan fingerprint density at radius 2 is 2.08 bits per heavy atom. The summed E-state index contributed by atoms with van der Waals surface area (Å²) >= 11 is 4.92. The summed E-state index contributed by atoms with van der Waals surface area (Å²) in [5, 5.41) is 12.2. The van der Waals surface area contributed by atoms with Crippen molar-refractivity contribution in [1.29, 1.82) is 5.26 Å². The molecule has 0 N–H and O–H groups in total. The molecule has 6 heteroatoms. The molecule has 0 unspecified atom stereocenters. The van der Waals surface area contributed by atoms with Crippen molar-refractivity contribution in [2.24, 2.45) is 0 Å². The zero-order valence-electron chi connectivity index (χ0n) is 12.9. The highest BCUT2D eigenvalue weighted by Gasteiger charge is 2.14. The number of benzene rings is 2. The third-order valence-electron chi connectivity index (χ3n) is 3.68. The van der Waals surface area contributed by atoms with Crippen LogP contribution in [-0.2, 0) is 0 Å². The topological polar surface area (TPSA) is 55.1 Å². The first-order chi connectivity index (χ1) is 12.2. The summed E-state index contributed by atoms with van der Waals surface area (Å²) in [5.74, 6) is 1.42. The van der Waals surface area contributed by atoms with Gasteiger partial charge in [0.25, 0.3) is 0 Å². The molecule has 0 atom stereocenters. The first-order valence-electron chi connectivity index (χ1n) is 7.46. The predicted molar refractivity (Wildman–Crippen MR) is 101 cm³/mol. The van der Waals surface area contributed by atoms with Crippen molar-refractivity contribution in [1.82, 2.24) is 4.98 Å². The van der Waals surface area contributed by atoms with E-state index in [1.165, 1.54) is 11.3 Å². The summed E-state index contributed by atoms with van der Waals surface area (Å²) in [5.41, 5.74) is 3.26. The lowest BCUT2D eigenvalue weighted by Crippen LogP contribution is -1.92. The highest BCUT2D eigenvalue weighted by Crippen LogP contribution is 2.34. The van der Waals surface area contributed by atoms with Gasteiger partial charge in [-0.25, -0.2) is 4.98 Å². The molecule has 1 aliphatic rings. The Balaban J connectivity index is 1.67. The lowest BCUT2D eigenvalue weighted by Gasteiger charge is -1.99. The Bertz CT molecular complexity index is 1020. The van der Waals surface area contributed by atoms with Crippen LogP contribution in [0.5, 0.6) is 11.5 Å². The molecule has 0 saturated carbocycles. The van der Waals surface area contributed by atoms with E-state index in [4.69, 9.17) is 9.47 Å². The molecule has 4 rings (SSSR count). The molecule has 0 aliphatic carbocycles. The normalized spacial score (nSPS) is 12.9. The zero-order valence-corrected chi connectivity index (χ0v) is 15.3. The van der Waals surface area contributed by atoms with Crippen molar-refractivity contribution in [3.05, 3.63) is 62.9 Å². The minimum Gasteiger partial charge on any atom is -0.454 e. The molecule has 122 valence electrons. The molecule has 25 heavy (non-hydrogen) atoms. The number of halogens is 1. The number of fused-ring (bicyclic) bond motifs is 1. The fourth-order valence-electron chi connectivity index (χ4n) is 2.49. The molecule has 0 radical (unpaired) electrons. The van der Waals surface area contributed by atoms with Crippen molar-refractivity contribution in [3.8, 4) is 28.8 Å². The lowest BCUT2D eigenvalue weighted by molar-refractivity contribution is 0.174. The molecular weight excluding hydrogens is 400 g/mol. The molecule has 0 spiro atoms. The maximum atomic E-state index is 9.54. The number of rotatable bonds is 3. The largest absolute Gasteiger partial charge is 0.454 e. The van der Waals surface area contributed by atoms with Crippen LogP contribution < -0.4 is 9.47 Å². The van der Waals surface area contributed by atoms with Crippen LogP contribution in [0, 0.1) is 11.3 Å². The summed E-state index contributed by atoms with van der Waals surface area (Å²) in [4.78, 5) is 4.61. The van der Waals surface area contributed by atoms with E-state index in [1.807, 2.05) is 53.9 Å². The third kappa shape index (κ3) is 3.29. The Morgan fingerprint density at radius 1 is 1.20 bits per heavy atom. The van der Waals surface area contributed by atoms with E-state index in [2.05, 4.69) is 27.0 Å². The molecule has 0 saturated heterocycles. The number of aromatic nitrogens is 1. The average molecular weight is 411 g/mol. The van der Waals surface area contributed by atoms with Crippen molar-refractivity contribution in [2.45, 2.75) is 0 Å². The van der Waals surface area contributed by atoms with Gasteiger partial charge in [0.2, 0.25) is 6.79 Å². The number of hydrogen-bond acceptors (Lipinski definition) is 5. The minimum absolute atomic E-state index is 0.232. The molecule has 1 aliphatic heterocycles. The van der Waals surface area contributed by atoms with E-state index in [-0.39, 0.29) is 6.79 Å². The summed E-state index contributed by atoms with van der Waals surface area (Å²) in [6, 6.07) is 15.8. The van der Waals surface area contributed by atoms with E-state index in [0.29, 0.717) is 16.3 Å². The van der Waals surface area contributed by atoms with Gasteiger partial charge in [0.1, 0.15) is 11.1 Å². The van der Waals surface area contributed by atoms with Crippen LogP contribution in [-0.4, -0.2) is 11.8 Å². The molecule has 2 aromatic carbocycles. The van der Waals surface area contributed by atoms with E-state index >= 15 is 0 Å². The van der Waals surface area contributed by atoms with Gasteiger partial charge in [-0.15, -0.1) is 11.3 Å². The van der Waals surface area contributed by atoms with Gasteiger partial charge < -0.3 is 9.47 Å². The average Bonchev–Trinajstić information content (AvgIpc) is 3.28. The second kappa shape index (κ2) is 6.71. The zero-order chi connectivity index (χ0) is 17.2. The fraction of sp³-hybridized carbons (Fsp3) is 0.0526. The summed E-state index contributed by atoms with van der Waals surface area (Å²) in [7, 11) is 0. The monoisotopic (exact) mass is 410 g/mol. The first kappa shape index (κ1) is 15.9. The van der Waals surface area contributed by atoms with Crippen LogP contribution in [0.3, 0.4) is 0 Å². The second-order valence-corrected chi connectivity index (χ2v) is 7.10. The van der Waals surface area contributed by atoms with E-state index in [0.717, 1.165) is 27.0 Å². The van der Waals surface area contributed by atoms with Crippen LogP contribution in [0.4, 0.5) is 0 Å². The Hall–Kier alpha value is -2.62. The maximum Gasteiger partial charge on any atom is 0.231 e. The predicted octanol–water partition coefficient (Wildman–Crippen LogP) is 5.37. The third-order valence-corrected chi connectivity index (χ3v) is 5.05. The standard InChI is InChI=1S/C19H11BrN2O2S/c20-15-3-1-2-13(8-15)16-10-25-19(22-16)14(9-21)6-12-4-5-17-18(7-12)24-11-23-17/h1-8,10H,11H2/b14-6+. The minimum atomic E-state index is 0.232. The van der Waals surface area contributed by atoms with Crippen molar-refractivity contribution in [2.75, 3.05) is 6.79 Å². The smallest absolute Gasteiger partial charge is 0.231 e. The Labute approximate surface area is 157 Å². The number of ether oxygens (including phenoxy) is 2. The molecule has 0 fully saturated rings. The SMILES string of the molecule is N#C/C(=C\c1ccc2c(c1)OCO2)c1nc(-c2cccc(Br)c2)cs1. The van der Waals surface area contributed by atoms with Crippen LogP contribution in [0.1, 0.15) is 10.6 Å². The van der Waals surface area contributed by atoms with E-state index in [9.17, 15) is 5.26 Å². The van der Waals surface area contributed by atoms with Gasteiger partial charge in [-0.2, -0.15) is 5.26 Å². The maximum absolute atomic E-state index is 9.54. The lowest BCUT2D eigenvalue weighted by atomic mass is 10.1. The molecule has 1 aromatic heterocycles. The van der Waals surface area contributed by atoms with Gasteiger partial charge in [-0.3, -0.25) is 0 Å². The molecule has 2 heterocycles. The van der Waals surface area contributed by atoms with Crippen molar-refractivity contribution >= 4 is 38.9 Å². The number of nitrogens with zero attached hydrogens (tertiary/aromatic N) is 2. The highest BCUT2D eigenvalue weighted by molar-refractivity contribution is 9.10. The quantitative estimate of drug-likeness (QED) is 0.544. The fourth-order valence-corrected chi connectivity index (χ4v) is 3.68. The van der Waals surface area contributed by atoms with Gasteiger partial charge in [-0.1, -0.05) is 34.1 Å². The van der Waals surface area contributed by atoms with Gasteiger partial charge in [0.15, 0.2) is 11.5 Å². The molecule has 0 bridgehead atoms. The van der Waals surface area contributed by atoms with E-state index < -0.39 is 0 Å². The first-order valence-corrected chi connectivity index (χ1v) is 9.13. The number of hydrogen-bond donors (Lipinski definition) is 0. The van der Waals surface area contributed by atoms with Crippen LogP contribution >= 0.6 is 27.3 Å². The number of nitriles is 1. The molecular formula is C19H11BrN2O2S. The Kier molecular flexibility index (Phi) is 4.26. The van der Waals surface area contributed by atoms with Crippen LogP contribution in [0.15, 0.2) is 52.3 Å². The van der Waals surface area contributed by atoms with Gasteiger partial charge in [0.05, 0.1) is 11.3 Å². The van der Waals surface area contributed by atoms with Gasteiger partial charge >= 0.3 is 0 Å². The summed E-state index contributed by atoms with van der Waals surface area (Å²) in [6.07, 6.45) is 1.81. The van der Waals surface area contributed by atoms with Crippen LogP contribution in [0.2, 0.25) is 0 Å². The number of thiazole rings is 1. The summed E-state index contributed by atoms with van der Waals surface area (Å²) in [6.45, 7) is 0.232. The summed E-state index contributed by atoms with van der Waals surface area (Å²) < 4.78 is 11.7. The second-order valence-electron chi connectivity index (χ2n) is 5.33. The van der Waals surface area contributed by atoms with Crippen LogP contribution in [0.25, 0.3) is 22.9 Å². The Morgan fingerprint density at radius 3 is 2.92 bits per heavy atom. The van der Waals surface area contributed by atoms with Gasteiger partial charge in [0, 0.05) is 15.4 Å². The molecule has 4 nitrogen and oxygen atoms in total. The highest BCUT2D eigenvalue weighted by atomic mass is 79.9. The molecule has 0 amide bonds. The molecule has 3 aromatic rings. The van der Waals surface area contributed by atoms with Crippen molar-refractivity contribution < 1.29 is 9.47 Å². The van der Waals surface area contributed by atoms with Gasteiger partial charge in [-0.05, 0) is 35.9 Å². The van der Waals surface area contributed by atoms with Crippen molar-refractivity contribution in [3.63, 3.8) is 0 Å².